The Kier molecular flexibility index (Phi) is 5.56. The van der Waals surface area contributed by atoms with Gasteiger partial charge in [-0.1, -0.05) is 18.2 Å². The zero-order chi connectivity index (χ0) is 17.6. The van der Waals surface area contributed by atoms with Gasteiger partial charge in [-0.3, -0.25) is 9.69 Å². The average Bonchev–Trinajstić information content (AvgIpc) is 3.09. The van der Waals surface area contributed by atoms with Crippen molar-refractivity contribution in [2.45, 2.75) is 18.9 Å². The van der Waals surface area contributed by atoms with Gasteiger partial charge in [0.2, 0.25) is 5.91 Å². The van der Waals surface area contributed by atoms with Crippen molar-refractivity contribution in [2.75, 3.05) is 32.6 Å². The van der Waals surface area contributed by atoms with E-state index in [1.807, 2.05) is 36.4 Å². The number of hydrogen-bond donors (Lipinski definition) is 1. The summed E-state index contributed by atoms with van der Waals surface area (Å²) in [7, 11) is 3.28. The number of benzene rings is 2. The zero-order valence-electron chi connectivity index (χ0n) is 14.7. The predicted octanol–water partition coefficient (Wildman–Crippen LogP) is 3.48. The number of amides is 1. The Balaban J connectivity index is 1.63. The van der Waals surface area contributed by atoms with Crippen LogP contribution < -0.4 is 14.8 Å². The van der Waals surface area contributed by atoms with Crippen LogP contribution in [0, 0.1) is 0 Å². The lowest BCUT2D eigenvalue weighted by Crippen LogP contribution is -2.32. The maximum absolute atomic E-state index is 12.4. The topological polar surface area (TPSA) is 50.8 Å². The SMILES string of the molecule is COc1ccc(C2CCCN2CC(=O)Nc2cccc(OC)c2)cc1. The van der Waals surface area contributed by atoms with Crippen LogP contribution in [0.2, 0.25) is 0 Å². The summed E-state index contributed by atoms with van der Waals surface area (Å²) in [6.45, 7) is 1.32. The molecule has 1 amide bonds. The fourth-order valence-electron chi connectivity index (χ4n) is 3.30. The Morgan fingerprint density at radius 2 is 1.88 bits per heavy atom. The highest BCUT2D eigenvalue weighted by Gasteiger charge is 2.27. The van der Waals surface area contributed by atoms with Crippen LogP contribution in [-0.4, -0.2) is 38.1 Å². The first-order chi connectivity index (χ1) is 12.2. The molecule has 1 heterocycles. The van der Waals surface area contributed by atoms with Gasteiger partial charge in [0.25, 0.3) is 0 Å². The van der Waals surface area contributed by atoms with E-state index >= 15 is 0 Å². The molecule has 0 spiro atoms. The van der Waals surface area contributed by atoms with E-state index < -0.39 is 0 Å². The largest absolute Gasteiger partial charge is 0.497 e. The molecule has 1 saturated heterocycles. The summed E-state index contributed by atoms with van der Waals surface area (Å²) in [5.74, 6) is 1.58. The molecule has 2 aromatic rings. The molecule has 0 bridgehead atoms. The summed E-state index contributed by atoms with van der Waals surface area (Å²) in [6.07, 6.45) is 2.17. The molecule has 0 aliphatic carbocycles. The molecule has 132 valence electrons. The molecule has 1 unspecified atom stereocenters. The molecule has 1 aliphatic heterocycles. The summed E-state index contributed by atoms with van der Waals surface area (Å²) in [5.41, 5.74) is 1.98. The van der Waals surface area contributed by atoms with Gasteiger partial charge in [0.05, 0.1) is 20.8 Å². The van der Waals surface area contributed by atoms with Crippen molar-refractivity contribution < 1.29 is 14.3 Å². The molecule has 1 N–H and O–H groups in total. The molecule has 5 heteroatoms. The van der Waals surface area contributed by atoms with Gasteiger partial charge in [0.1, 0.15) is 11.5 Å². The maximum atomic E-state index is 12.4. The fourth-order valence-corrected chi connectivity index (χ4v) is 3.30. The Labute approximate surface area is 148 Å². The predicted molar refractivity (Wildman–Crippen MR) is 98.2 cm³/mol. The third-order valence-electron chi connectivity index (χ3n) is 4.56. The molecule has 0 radical (unpaired) electrons. The number of ether oxygens (including phenoxy) is 2. The normalized spacial score (nSPS) is 17.3. The lowest BCUT2D eigenvalue weighted by Gasteiger charge is -2.24. The van der Waals surface area contributed by atoms with Crippen LogP contribution in [0.4, 0.5) is 5.69 Å². The van der Waals surface area contributed by atoms with Gasteiger partial charge in [0, 0.05) is 17.8 Å². The number of rotatable bonds is 6. The summed E-state index contributed by atoms with van der Waals surface area (Å²) < 4.78 is 10.4. The summed E-state index contributed by atoms with van der Waals surface area (Å²) in [5, 5.41) is 2.95. The second-order valence-electron chi connectivity index (χ2n) is 6.18. The number of methoxy groups -OCH3 is 2. The minimum atomic E-state index is -0.00587. The molecule has 2 aromatic carbocycles. The standard InChI is InChI=1S/C20H24N2O3/c1-24-17-10-8-15(9-11-17)19-7-4-12-22(19)14-20(23)21-16-5-3-6-18(13-16)25-2/h3,5-6,8-11,13,19H,4,7,12,14H2,1-2H3,(H,21,23). The van der Waals surface area contributed by atoms with Crippen LogP contribution in [0.1, 0.15) is 24.4 Å². The first-order valence-electron chi connectivity index (χ1n) is 8.51. The number of likely N-dealkylation sites (tertiary alicyclic amines) is 1. The van der Waals surface area contributed by atoms with Crippen LogP contribution in [0.25, 0.3) is 0 Å². The molecular weight excluding hydrogens is 316 g/mol. The first-order valence-corrected chi connectivity index (χ1v) is 8.51. The maximum Gasteiger partial charge on any atom is 0.238 e. The Hall–Kier alpha value is -2.53. The first kappa shape index (κ1) is 17.3. The molecule has 1 fully saturated rings. The molecule has 1 aliphatic rings. The van der Waals surface area contributed by atoms with Gasteiger partial charge in [-0.05, 0) is 49.2 Å². The van der Waals surface area contributed by atoms with Gasteiger partial charge in [-0.25, -0.2) is 0 Å². The van der Waals surface area contributed by atoms with Gasteiger partial charge in [-0.15, -0.1) is 0 Å². The Morgan fingerprint density at radius 3 is 2.60 bits per heavy atom. The van der Waals surface area contributed by atoms with Crippen molar-refractivity contribution >= 4 is 11.6 Å². The van der Waals surface area contributed by atoms with Gasteiger partial charge in [-0.2, -0.15) is 0 Å². The minimum absolute atomic E-state index is 0.00587. The van der Waals surface area contributed by atoms with E-state index in [1.165, 1.54) is 5.56 Å². The van der Waals surface area contributed by atoms with Crippen LogP contribution in [0.15, 0.2) is 48.5 Å². The van der Waals surface area contributed by atoms with Crippen molar-refractivity contribution in [1.82, 2.24) is 4.90 Å². The van der Waals surface area contributed by atoms with Crippen LogP contribution >= 0.6 is 0 Å². The number of nitrogens with one attached hydrogen (secondary N) is 1. The van der Waals surface area contributed by atoms with Gasteiger partial charge in [0.15, 0.2) is 0 Å². The van der Waals surface area contributed by atoms with Crippen LogP contribution in [-0.2, 0) is 4.79 Å². The number of anilines is 1. The summed E-state index contributed by atoms with van der Waals surface area (Å²) in [6, 6.07) is 15.8. The van der Waals surface area contributed by atoms with E-state index in [4.69, 9.17) is 9.47 Å². The molecule has 0 saturated carbocycles. The number of carbonyl (C=O) groups excluding carboxylic acids is 1. The van der Waals surface area contributed by atoms with E-state index in [2.05, 4.69) is 22.3 Å². The van der Waals surface area contributed by atoms with E-state index in [-0.39, 0.29) is 11.9 Å². The number of hydrogen-bond acceptors (Lipinski definition) is 4. The smallest absolute Gasteiger partial charge is 0.238 e. The third kappa shape index (κ3) is 4.31. The zero-order valence-corrected chi connectivity index (χ0v) is 14.7. The number of nitrogens with zero attached hydrogens (tertiary/aromatic N) is 1. The van der Waals surface area contributed by atoms with Crippen molar-refractivity contribution in [3.05, 3.63) is 54.1 Å². The third-order valence-corrected chi connectivity index (χ3v) is 4.56. The average molecular weight is 340 g/mol. The molecule has 5 nitrogen and oxygen atoms in total. The highest BCUT2D eigenvalue weighted by molar-refractivity contribution is 5.92. The minimum Gasteiger partial charge on any atom is -0.497 e. The van der Waals surface area contributed by atoms with E-state index in [0.717, 1.165) is 36.6 Å². The van der Waals surface area contributed by atoms with E-state index in [1.54, 1.807) is 14.2 Å². The number of carbonyl (C=O) groups is 1. The second-order valence-corrected chi connectivity index (χ2v) is 6.18. The Morgan fingerprint density at radius 1 is 1.12 bits per heavy atom. The Bertz CT molecular complexity index is 715. The summed E-state index contributed by atoms with van der Waals surface area (Å²) in [4.78, 5) is 14.7. The van der Waals surface area contributed by atoms with Gasteiger partial charge >= 0.3 is 0 Å². The van der Waals surface area contributed by atoms with Crippen molar-refractivity contribution in [2.24, 2.45) is 0 Å². The molecule has 0 aromatic heterocycles. The highest BCUT2D eigenvalue weighted by Crippen LogP contribution is 2.32. The second kappa shape index (κ2) is 8.03. The van der Waals surface area contributed by atoms with E-state index in [9.17, 15) is 4.79 Å². The lowest BCUT2D eigenvalue weighted by atomic mass is 10.0. The van der Waals surface area contributed by atoms with Gasteiger partial charge < -0.3 is 14.8 Å². The monoisotopic (exact) mass is 340 g/mol. The quantitative estimate of drug-likeness (QED) is 0.875. The fraction of sp³-hybridized carbons (Fsp3) is 0.350. The molecule has 25 heavy (non-hydrogen) atoms. The van der Waals surface area contributed by atoms with Crippen molar-refractivity contribution in [3.63, 3.8) is 0 Å². The van der Waals surface area contributed by atoms with Crippen LogP contribution in [0.3, 0.4) is 0 Å². The summed E-state index contributed by atoms with van der Waals surface area (Å²) >= 11 is 0. The molecular formula is C20H24N2O3. The van der Waals surface area contributed by atoms with E-state index in [0.29, 0.717) is 6.54 Å². The lowest BCUT2D eigenvalue weighted by molar-refractivity contribution is -0.117. The molecule has 3 rings (SSSR count). The molecule has 1 atom stereocenters. The highest BCUT2D eigenvalue weighted by atomic mass is 16.5. The van der Waals surface area contributed by atoms with Crippen LogP contribution in [0.5, 0.6) is 11.5 Å². The van der Waals surface area contributed by atoms with Crippen molar-refractivity contribution in [3.8, 4) is 11.5 Å². The van der Waals surface area contributed by atoms with Crippen molar-refractivity contribution in [1.29, 1.82) is 0 Å².